The van der Waals surface area contributed by atoms with E-state index < -0.39 is 6.04 Å². The lowest BCUT2D eigenvalue weighted by atomic mass is 9.95. The van der Waals surface area contributed by atoms with Crippen molar-refractivity contribution >= 4 is 5.91 Å². The summed E-state index contributed by atoms with van der Waals surface area (Å²) in [5, 5.41) is 12.0. The first-order valence-corrected chi connectivity index (χ1v) is 9.29. The van der Waals surface area contributed by atoms with Crippen LogP contribution < -0.4 is 10.9 Å². The molecule has 2 heterocycles. The first-order valence-electron chi connectivity index (χ1n) is 9.29. The number of carbonyl (C=O) groups is 1. The maximum atomic E-state index is 12.6. The summed E-state index contributed by atoms with van der Waals surface area (Å²) in [4.78, 5) is 24.9. The van der Waals surface area contributed by atoms with Crippen molar-refractivity contribution in [2.24, 2.45) is 7.05 Å². The highest BCUT2D eigenvalue weighted by Crippen LogP contribution is 2.24. The second-order valence-corrected chi connectivity index (χ2v) is 7.19. The number of carbonyl (C=O) groups excluding carboxylic acids is 1. The van der Waals surface area contributed by atoms with Crippen molar-refractivity contribution in [2.75, 3.05) is 0 Å². The summed E-state index contributed by atoms with van der Waals surface area (Å²) in [5.74, 6) is -0.150. The van der Waals surface area contributed by atoms with Crippen LogP contribution in [-0.4, -0.2) is 31.5 Å². The number of nitrogens with one attached hydrogen (secondary N) is 1. The number of aromatic nitrogens is 4. The van der Waals surface area contributed by atoms with Gasteiger partial charge in [0.2, 0.25) is 5.91 Å². The average molecular weight is 357 g/mol. The minimum atomic E-state index is -0.651. The Hall–Kier alpha value is -2.44. The van der Waals surface area contributed by atoms with Crippen molar-refractivity contribution in [3.8, 4) is 11.3 Å². The van der Waals surface area contributed by atoms with Gasteiger partial charge in [-0.3, -0.25) is 14.3 Å². The molecule has 140 valence electrons. The monoisotopic (exact) mass is 357 g/mol. The first-order chi connectivity index (χ1) is 12.4. The smallest absolute Gasteiger partial charge is 0.267 e. The molecule has 1 amide bonds. The summed E-state index contributed by atoms with van der Waals surface area (Å²) in [6.45, 7) is 5.60. The lowest BCUT2D eigenvalue weighted by Gasteiger charge is -2.24. The topological polar surface area (TPSA) is 81.8 Å². The van der Waals surface area contributed by atoms with Gasteiger partial charge in [-0.1, -0.05) is 19.3 Å². The van der Waals surface area contributed by atoms with Gasteiger partial charge >= 0.3 is 0 Å². The molecule has 0 radical (unpaired) electrons. The van der Waals surface area contributed by atoms with E-state index in [1.165, 1.54) is 17.2 Å². The van der Waals surface area contributed by atoms with E-state index in [4.69, 9.17) is 0 Å². The fourth-order valence-electron chi connectivity index (χ4n) is 3.66. The highest BCUT2D eigenvalue weighted by atomic mass is 16.2. The Morgan fingerprint density at radius 3 is 2.50 bits per heavy atom. The summed E-state index contributed by atoms with van der Waals surface area (Å²) in [6.07, 6.45) is 5.54. The second kappa shape index (κ2) is 7.43. The highest BCUT2D eigenvalue weighted by molar-refractivity contribution is 5.80. The van der Waals surface area contributed by atoms with Crippen molar-refractivity contribution in [1.29, 1.82) is 0 Å². The molecule has 7 nitrogen and oxygen atoms in total. The molecule has 3 rings (SSSR count). The van der Waals surface area contributed by atoms with Crippen molar-refractivity contribution in [2.45, 2.75) is 65.0 Å². The molecule has 0 saturated heterocycles. The maximum absolute atomic E-state index is 12.6. The molecule has 0 spiro atoms. The standard InChI is InChI=1S/C19H27N5O2/c1-12-18(13(2)23(4)21-12)16-10-11-17(25)24(22-16)14(3)19(26)20-15-8-6-5-7-9-15/h10-11,14-15H,5-9H2,1-4H3,(H,20,26). The number of hydrogen-bond acceptors (Lipinski definition) is 4. The summed E-state index contributed by atoms with van der Waals surface area (Å²) >= 11 is 0. The molecule has 0 aliphatic heterocycles. The third-order valence-electron chi connectivity index (χ3n) is 5.29. The summed E-state index contributed by atoms with van der Waals surface area (Å²) in [7, 11) is 1.88. The van der Waals surface area contributed by atoms with Crippen molar-refractivity contribution in [1.82, 2.24) is 24.9 Å². The normalized spacial score (nSPS) is 16.5. The number of amides is 1. The Balaban J connectivity index is 1.87. The SMILES string of the molecule is Cc1nn(C)c(C)c1-c1ccc(=O)n(C(C)C(=O)NC2CCCCC2)n1. The Kier molecular flexibility index (Phi) is 5.25. The molecular weight excluding hydrogens is 330 g/mol. The van der Waals surface area contributed by atoms with Crippen LogP contribution in [0.1, 0.15) is 56.5 Å². The summed E-state index contributed by atoms with van der Waals surface area (Å²) in [6, 6.07) is 2.72. The van der Waals surface area contributed by atoms with Crippen LogP contribution in [0.4, 0.5) is 0 Å². The molecule has 1 saturated carbocycles. The quantitative estimate of drug-likeness (QED) is 0.910. The molecular formula is C19H27N5O2. The number of aryl methyl sites for hydroxylation is 2. The van der Waals surface area contributed by atoms with E-state index in [1.807, 2.05) is 20.9 Å². The van der Waals surface area contributed by atoms with E-state index in [9.17, 15) is 9.59 Å². The van der Waals surface area contributed by atoms with E-state index in [0.717, 1.165) is 42.6 Å². The number of nitrogens with zero attached hydrogens (tertiary/aromatic N) is 4. The van der Waals surface area contributed by atoms with Crippen molar-refractivity contribution < 1.29 is 4.79 Å². The molecule has 26 heavy (non-hydrogen) atoms. The zero-order valence-corrected chi connectivity index (χ0v) is 16.0. The van der Waals surface area contributed by atoms with Crippen LogP contribution in [0, 0.1) is 13.8 Å². The van der Waals surface area contributed by atoms with Gasteiger partial charge in [0.25, 0.3) is 5.56 Å². The maximum Gasteiger partial charge on any atom is 0.267 e. The molecule has 1 unspecified atom stereocenters. The molecule has 2 aromatic heterocycles. The number of rotatable bonds is 4. The predicted molar refractivity (Wildman–Crippen MR) is 99.9 cm³/mol. The Labute approximate surface area is 153 Å². The third kappa shape index (κ3) is 3.57. The van der Waals surface area contributed by atoms with Gasteiger partial charge in [0.1, 0.15) is 6.04 Å². The Morgan fingerprint density at radius 2 is 1.88 bits per heavy atom. The van der Waals surface area contributed by atoms with Crippen LogP contribution >= 0.6 is 0 Å². The van der Waals surface area contributed by atoms with E-state index in [2.05, 4.69) is 15.5 Å². The van der Waals surface area contributed by atoms with E-state index in [0.29, 0.717) is 5.69 Å². The van der Waals surface area contributed by atoms with Crippen LogP contribution in [0.5, 0.6) is 0 Å². The van der Waals surface area contributed by atoms with Crippen LogP contribution in [0.2, 0.25) is 0 Å². The van der Waals surface area contributed by atoms with Crippen molar-refractivity contribution in [3.63, 3.8) is 0 Å². The fourth-order valence-corrected chi connectivity index (χ4v) is 3.66. The van der Waals surface area contributed by atoms with Gasteiger partial charge in [-0.25, -0.2) is 4.68 Å². The van der Waals surface area contributed by atoms with Crippen LogP contribution in [0.15, 0.2) is 16.9 Å². The molecule has 1 aliphatic carbocycles. The highest BCUT2D eigenvalue weighted by Gasteiger charge is 2.23. The van der Waals surface area contributed by atoms with E-state index in [-0.39, 0.29) is 17.5 Å². The lowest BCUT2D eigenvalue weighted by molar-refractivity contribution is -0.125. The van der Waals surface area contributed by atoms with Crippen LogP contribution in [0.25, 0.3) is 11.3 Å². The van der Waals surface area contributed by atoms with Gasteiger partial charge in [0, 0.05) is 30.4 Å². The van der Waals surface area contributed by atoms with Crippen LogP contribution in [-0.2, 0) is 11.8 Å². The predicted octanol–water partition coefficient (Wildman–Crippen LogP) is 2.27. The number of hydrogen-bond donors (Lipinski definition) is 1. The van der Waals surface area contributed by atoms with Gasteiger partial charge in [0.05, 0.1) is 11.4 Å². The fraction of sp³-hybridized carbons (Fsp3) is 0.579. The summed E-state index contributed by atoms with van der Waals surface area (Å²) in [5.41, 5.74) is 3.10. The van der Waals surface area contributed by atoms with E-state index in [1.54, 1.807) is 17.7 Å². The lowest BCUT2D eigenvalue weighted by Crippen LogP contribution is -2.42. The van der Waals surface area contributed by atoms with E-state index >= 15 is 0 Å². The first kappa shape index (κ1) is 18.4. The molecule has 2 aromatic rings. The molecule has 7 heteroatoms. The molecule has 0 bridgehead atoms. The van der Waals surface area contributed by atoms with Crippen molar-refractivity contribution in [3.05, 3.63) is 33.9 Å². The minimum absolute atomic E-state index is 0.150. The molecule has 1 N–H and O–H groups in total. The zero-order chi connectivity index (χ0) is 18.8. The Bertz CT molecular complexity index is 861. The van der Waals surface area contributed by atoms with Crippen LogP contribution in [0.3, 0.4) is 0 Å². The van der Waals surface area contributed by atoms with Gasteiger partial charge in [-0.15, -0.1) is 0 Å². The Morgan fingerprint density at radius 1 is 1.19 bits per heavy atom. The second-order valence-electron chi connectivity index (χ2n) is 7.19. The zero-order valence-electron chi connectivity index (χ0n) is 16.0. The van der Waals surface area contributed by atoms with Gasteiger partial charge in [0.15, 0.2) is 0 Å². The van der Waals surface area contributed by atoms with Gasteiger partial charge in [-0.2, -0.15) is 10.2 Å². The van der Waals surface area contributed by atoms with Gasteiger partial charge < -0.3 is 5.32 Å². The third-order valence-corrected chi connectivity index (χ3v) is 5.29. The molecule has 1 aliphatic rings. The van der Waals surface area contributed by atoms with Gasteiger partial charge in [-0.05, 0) is 39.7 Å². The molecule has 1 fully saturated rings. The largest absolute Gasteiger partial charge is 0.352 e. The minimum Gasteiger partial charge on any atom is -0.352 e. The summed E-state index contributed by atoms with van der Waals surface area (Å²) < 4.78 is 3.07. The average Bonchev–Trinajstić information content (AvgIpc) is 2.88. The molecule has 1 atom stereocenters. The molecule has 0 aromatic carbocycles.